The van der Waals surface area contributed by atoms with Crippen LogP contribution >= 0.6 is 0 Å². The fourth-order valence-corrected chi connectivity index (χ4v) is 4.00. The van der Waals surface area contributed by atoms with Crippen LogP contribution in [0.15, 0.2) is 54.6 Å². The maximum Gasteiger partial charge on any atom is 0.269 e. The van der Waals surface area contributed by atoms with Gasteiger partial charge >= 0.3 is 0 Å². The number of rotatable bonds is 5. The second kappa shape index (κ2) is 6.88. The van der Waals surface area contributed by atoms with Crippen LogP contribution in [-0.2, 0) is 0 Å². The number of fused-ring (bicyclic) bond motifs is 3. The Morgan fingerprint density at radius 3 is 2.29 bits per heavy atom. The highest BCUT2D eigenvalue weighted by molar-refractivity contribution is 5.86. The molecule has 1 atom stereocenters. The molecular weight excluding hydrogens is 358 g/mol. The highest BCUT2D eigenvalue weighted by Gasteiger charge is 2.36. The number of ether oxygens (including phenoxy) is 3. The third-order valence-electron chi connectivity index (χ3n) is 5.13. The first-order chi connectivity index (χ1) is 13.6. The van der Waals surface area contributed by atoms with Gasteiger partial charge in [-0.25, -0.2) is 0 Å². The summed E-state index contributed by atoms with van der Waals surface area (Å²) >= 11 is 0. The minimum absolute atomic E-state index is 0.0582. The second-order valence-electron chi connectivity index (χ2n) is 6.48. The van der Waals surface area contributed by atoms with E-state index in [4.69, 9.17) is 14.2 Å². The molecule has 1 unspecified atom stereocenters. The minimum atomic E-state index is -0.378. The van der Waals surface area contributed by atoms with E-state index in [9.17, 15) is 10.1 Å². The van der Waals surface area contributed by atoms with Gasteiger partial charge in [0.1, 0.15) is 0 Å². The lowest BCUT2D eigenvalue weighted by Crippen LogP contribution is -2.04. The summed E-state index contributed by atoms with van der Waals surface area (Å²) in [6.07, 6.45) is 0. The molecule has 1 aliphatic rings. The van der Waals surface area contributed by atoms with Crippen molar-refractivity contribution in [1.29, 1.82) is 0 Å². The number of hydrogen-bond acceptors (Lipinski definition) is 5. The molecule has 6 heteroatoms. The van der Waals surface area contributed by atoms with Crippen molar-refractivity contribution < 1.29 is 19.1 Å². The van der Waals surface area contributed by atoms with Gasteiger partial charge in [-0.15, -0.1) is 0 Å². The van der Waals surface area contributed by atoms with Gasteiger partial charge in [0.15, 0.2) is 11.5 Å². The van der Waals surface area contributed by atoms with Gasteiger partial charge in [-0.3, -0.25) is 10.1 Å². The SMILES string of the molecule is COc1cc2c(c(OC)c1OC)C(c1cccc([N+](=O)[O-])c1)c1ccccc1-2. The molecule has 0 aliphatic heterocycles. The first-order valence-electron chi connectivity index (χ1n) is 8.77. The molecule has 1 aliphatic carbocycles. The van der Waals surface area contributed by atoms with Crippen LogP contribution in [0.2, 0.25) is 0 Å². The Kier molecular flexibility index (Phi) is 4.39. The van der Waals surface area contributed by atoms with E-state index in [2.05, 4.69) is 0 Å². The monoisotopic (exact) mass is 377 g/mol. The molecule has 0 saturated heterocycles. The van der Waals surface area contributed by atoms with E-state index in [1.165, 1.54) is 6.07 Å². The third-order valence-corrected chi connectivity index (χ3v) is 5.13. The average Bonchev–Trinajstić information content (AvgIpc) is 3.06. The van der Waals surface area contributed by atoms with Crippen molar-refractivity contribution in [2.24, 2.45) is 0 Å². The molecule has 0 amide bonds. The molecule has 3 aromatic carbocycles. The van der Waals surface area contributed by atoms with E-state index in [0.717, 1.165) is 27.8 Å². The summed E-state index contributed by atoms with van der Waals surface area (Å²) in [7, 11) is 4.74. The lowest BCUT2D eigenvalue weighted by molar-refractivity contribution is -0.384. The van der Waals surface area contributed by atoms with Crippen LogP contribution in [0.1, 0.15) is 22.6 Å². The van der Waals surface area contributed by atoms with Gasteiger partial charge < -0.3 is 14.2 Å². The molecule has 0 saturated carbocycles. The molecule has 0 fully saturated rings. The maximum absolute atomic E-state index is 11.3. The van der Waals surface area contributed by atoms with Gasteiger partial charge in [-0.2, -0.15) is 0 Å². The molecule has 6 nitrogen and oxygen atoms in total. The molecule has 142 valence electrons. The van der Waals surface area contributed by atoms with Crippen LogP contribution in [-0.4, -0.2) is 26.3 Å². The topological polar surface area (TPSA) is 70.8 Å². The normalized spacial score (nSPS) is 14.2. The first kappa shape index (κ1) is 17.9. The fourth-order valence-electron chi connectivity index (χ4n) is 4.00. The predicted molar refractivity (Wildman–Crippen MR) is 106 cm³/mol. The number of nitro benzene ring substituents is 1. The van der Waals surface area contributed by atoms with E-state index >= 15 is 0 Å². The van der Waals surface area contributed by atoms with Crippen molar-refractivity contribution in [3.05, 3.63) is 81.4 Å². The molecule has 0 spiro atoms. The molecule has 3 aromatic rings. The Morgan fingerprint density at radius 1 is 0.857 bits per heavy atom. The highest BCUT2D eigenvalue weighted by atomic mass is 16.6. The van der Waals surface area contributed by atoms with Crippen LogP contribution < -0.4 is 14.2 Å². The van der Waals surface area contributed by atoms with Crippen molar-refractivity contribution in [2.75, 3.05) is 21.3 Å². The molecule has 0 aromatic heterocycles. The largest absolute Gasteiger partial charge is 0.493 e. The van der Waals surface area contributed by atoms with E-state index in [0.29, 0.717) is 17.2 Å². The van der Waals surface area contributed by atoms with Gasteiger partial charge in [0.2, 0.25) is 5.75 Å². The molecular formula is C22H19NO5. The van der Waals surface area contributed by atoms with Gasteiger partial charge in [-0.05, 0) is 28.3 Å². The molecule has 0 bridgehead atoms. The predicted octanol–water partition coefficient (Wildman–Crippen LogP) is 4.78. The van der Waals surface area contributed by atoms with Crippen molar-refractivity contribution in [2.45, 2.75) is 5.92 Å². The quantitative estimate of drug-likeness (QED) is 0.370. The van der Waals surface area contributed by atoms with Crippen molar-refractivity contribution in [3.8, 4) is 28.4 Å². The number of methoxy groups -OCH3 is 3. The molecule has 4 rings (SSSR count). The first-order valence-corrected chi connectivity index (χ1v) is 8.77. The zero-order valence-electron chi connectivity index (χ0n) is 15.8. The lowest BCUT2D eigenvalue weighted by atomic mass is 9.88. The molecule has 0 radical (unpaired) electrons. The Balaban J connectivity index is 2.05. The number of hydrogen-bond donors (Lipinski definition) is 0. The number of nitro groups is 1. The number of benzene rings is 3. The zero-order chi connectivity index (χ0) is 19.8. The fraction of sp³-hybridized carbons (Fsp3) is 0.182. The van der Waals surface area contributed by atoms with Crippen LogP contribution in [0.4, 0.5) is 5.69 Å². The van der Waals surface area contributed by atoms with E-state index in [1.54, 1.807) is 33.5 Å². The average molecular weight is 377 g/mol. The van der Waals surface area contributed by atoms with Crippen LogP contribution in [0.3, 0.4) is 0 Å². The lowest BCUT2D eigenvalue weighted by Gasteiger charge is -2.20. The van der Waals surface area contributed by atoms with Gasteiger partial charge in [-0.1, -0.05) is 36.4 Å². The summed E-state index contributed by atoms with van der Waals surface area (Å²) in [5.41, 5.74) is 4.89. The summed E-state index contributed by atoms with van der Waals surface area (Å²) in [5.74, 6) is 1.45. The van der Waals surface area contributed by atoms with Gasteiger partial charge in [0.25, 0.3) is 5.69 Å². The Morgan fingerprint density at radius 2 is 1.61 bits per heavy atom. The highest BCUT2D eigenvalue weighted by Crippen LogP contribution is 2.56. The Hall–Kier alpha value is -3.54. The summed E-state index contributed by atoms with van der Waals surface area (Å²) < 4.78 is 16.8. The Bertz CT molecular complexity index is 1080. The van der Waals surface area contributed by atoms with E-state index in [-0.39, 0.29) is 16.5 Å². The van der Waals surface area contributed by atoms with Gasteiger partial charge in [0, 0.05) is 23.6 Å². The summed E-state index contributed by atoms with van der Waals surface area (Å²) in [6, 6.07) is 16.7. The van der Waals surface area contributed by atoms with Crippen molar-refractivity contribution >= 4 is 5.69 Å². The van der Waals surface area contributed by atoms with E-state index in [1.807, 2.05) is 36.4 Å². The summed E-state index contributed by atoms with van der Waals surface area (Å²) in [5, 5.41) is 11.3. The minimum Gasteiger partial charge on any atom is -0.493 e. The molecule has 0 heterocycles. The van der Waals surface area contributed by atoms with Gasteiger partial charge in [0.05, 0.1) is 26.3 Å². The van der Waals surface area contributed by atoms with Crippen molar-refractivity contribution in [1.82, 2.24) is 0 Å². The maximum atomic E-state index is 11.3. The standard InChI is InChI=1S/C22H19NO5/c1-26-18-12-17-15-9-4-5-10-16(15)19(20(17)22(28-3)21(18)27-2)13-7-6-8-14(11-13)23(24)25/h4-12,19H,1-3H3. The van der Waals surface area contributed by atoms with Crippen LogP contribution in [0.5, 0.6) is 17.2 Å². The third kappa shape index (κ3) is 2.57. The smallest absolute Gasteiger partial charge is 0.269 e. The van der Waals surface area contributed by atoms with Crippen LogP contribution in [0.25, 0.3) is 11.1 Å². The summed E-state index contributed by atoms with van der Waals surface area (Å²) in [4.78, 5) is 10.9. The van der Waals surface area contributed by atoms with Crippen LogP contribution in [0, 0.1) is 10.1 Å². The molecule has 28 heavy (non-hydrogen) atoms. The van der Waals surface area contributed by atoms with Crippen molar-refractivity contribution in [3.63, 3.8) is 0 Å². The number of nitrogens with zero attached hydrogens (tertiary/aromatic N) is 1. The van der Waals surface area contributed by atoms with E-state index < -0.39 is 0 Å². The second-order valence-corrected chi connectivity index (χ2v) is 6.48. The summed E-state index contributed by atoms with van der Waals surface area (Å²) in [6.45, 7) is 0. The zero-order valence-corrected chi connectivity index (χ0v) is 15.8. The molecule has 0 N–H and O–H groups in total. The Labute approximate surface area is 162 Å². The number of non-ortho nitro benzene ring substituents is 1.